The summed E-state index contributed by atoms with van der Waals surface area (Å²) >= 11 is 0. The molecule has 5 heteroatoms. The summed E-state index contributed by atoms with van der Waals surface area (Å²) in [5, 5.41) is 7.34. The number of hydrogen-bond acceptors (Lipinski definition) is 2. The minimum absolute atomic E-state index is 0.0179. The average molecular weight is 209 g/mol. The molecule has 0 radical (unpaired) electrons. The topological polar surface area (TPSA) is 62.3 Å². The Kier molecular flexibility index (Phi) is 2.45. The summed E-state index contributed by atoms with van der Waals surface area (Å²) in [4.78, 5) is 1.64. The highest BCUT2D eigenvalue weighted by molar-refractivity contribution is 5.74. The molecule has 1 aromatic rings. The number of fused-ring (bicyclic) bond motifs is 1. The second kappa shape index (κ2) is 3.76. The van der Waals surface area contributed by atoms with Crippen molar-refractivity contribution in [2.45, 2.75) is 6.54 Å². The van der Waals surface area contributed by atoms with Gasteiger partial charge in [-0.25, -0.2) is 4.39 Å². The summed E-state index contributed by atoms with van der Waals surface area (Å²) in [6.45, 7) is 1.42. The van der Waals surface area contributed by atoms with Crippen LogP contribution in [0.4, 0.5) is 4.39 Å². The molecule has 4 nitrogen and oxygen atoms in total. The molecular formula is C10H12FN3O. The molecule has 1 aromatic carbocycles. The fourth-order valence-electron chi connectivity index (χ4n) is 1.57. The number of rotatable bonds is 0. The van der Waals surface area contributed by atoms with E-state index in [2.05, 4.69) is 0 Å². The van der Waals surface area contributed by atoms with Crippen molar-refractivity contribution in [3.63, 3.8) is 0 Å². The summed E-state index contributed by atoms with van der Waals surface area (Å²) in [5.74, 6) is 0.346. The molecule has 0 saturated carbocycles. The standard InChI is InChI=1S/C10H12FN3O/c11-8-1-2-9-7(5-8)6-14(10(12)13)3-4-15-9/h1-2,5H,3-4,6H2,(H3,12,13). The van der Waals surface area contributed by atoms with Gasteiger partial charge < -0.3 is 15.4 Å². The van der Waals surface area contributed by atoms with Gasteiger partial charge in [0.05, 0.1) is 6.54 Å². The van der Waals surface area contributed by atoms with Gasteiger partial charge in [-0.05, 0) is 18.2 Å². The monoisotopic (exact) mass is 209 g/mol. The van der Waals surface area contributed by atoms with Gasteiger partial charge in [-0.3, -0.25) is 5.41 Å². The fourth-order valence-corrected chi connectivity index (χ4v) is 1.57. The van der Waals surface area contributed by atoms with E-state index in [1.165, 1.54) is 12.1 Å². The third kappa shape index (κ3) is 2.01. The van der Waals surface area contributed by atoms with Crippen LogP contribution in [0.2, 0.25) is 0 Å². The Morgan fingerprint density at radius 2 is 2.33 bits per heavy atom. The van der Waals surface area contributed by atoms with Gasteiger partial charge >= 0.3 is 0 Å². The van der Waals surface area contributed by atoms with E-state index < -0.39 is 0 Å². The van der Waals surface area contributed by atoms with Gasteiger partial charge in [-0.2, -0.15) is 0 Å². The zero-order chi connectivity index (χ0) is 10.8. The molecule has 0 aromatic heterocycles. The number of hydrogen-bond donors (Lipinski definition) is 2. The highest BCUT2D eigenvalue weighted by Gasteiger charge is 2.16. The zero-order valence-corrected chi connectivity index (χ0v) is 8.16. The summed E-state index contributed by atoms with van der Waals surface area (Å²) in [7, 11) is 0. The normalized spacial score (nSPS) is 15.1. The van der Waals surface area contributed by atoms with Crippen molar-refractivity contribution in [2.24, 2.45) is 5.73 Å². The van der Waals surface area contributed by atoms with Crippen molar-refractivity contribution in [1.82, 2.24) is 4.90 Å². The molecule has 1 aliphatic heterocycles. The number of guanidine groups is 1. The van der Waals surface area contributed by atoms with Gasteiger partial charge in [-0.15, -0.1) is 0 Å². The molecule has 15 heavy (non-hydrogen) atoms. The molecule has 1 heterocycles. The van der Waals surface area contributed by atoms with Crippen molar-refractivity contribution in [3.05, 3.63) is 29.6 Å². The van der Waals surface area contributed by atoms with Crippen molar-refractivity contribution in [3.8, 4) is 5.75 Å². The van der Waals surface area contributed by atoms with E-state index in [4.69, 9.17) is 15.9 Å². The van der Waals surface area contributed by atoms with Gasteiger partial charge in [0.2, 0.25) is 0 Å². The van der Waals surface area contributed by atoms with Crippen molar-refractivity contribution < 1.29 is 9.13 Å². The first-order valence-electron chi connectivity index (χ1n) is 4.67. The van der Waals surface area contributed by atoms with E-state index in [9.17, 15) is 4.39 Å². The fraction of sp³-hybridized carbons (Fsp3) is 0.300. The van der Waals surface area contributed by atoms with Crippen molar-refractivity contribution >= 4 is 5.96 Å². The van der Waals surface area contributed by atoms with Gasteiger partial charge in [0.1, 0.15) is 18.2 Å². The van der Waals surface area contributed by atoms with Crippen LogP contribution in [0.1, 0.15) is 5.56 Å². The highest BCUT2D eigenvalue weighted by atomic mass is 19.1. The maximum absolute atomic E-state index is 13.0. The van der Waals surface area contributed by atoms with Crippen LogP contribution in [-0.2, 0) is 6.54 Å². The lowest BCUT2D eigenvalue weighted by molar-refractivity contribution is 0.288. The van der Waals surface area contributed by atoms with Crippen LogP contribution in [0.25, 0.3) is 0 Å². The van der Waals surface area contributed by atoms with Gasteiger partial charge in [-0.1, -0.05) is 0 Å². The molecular weight excluding hydrogens is 197 g/mol. The highest BCUT2D eigenvalue weighted by Crippen LogP contribution is 2.23. The molecule has 3 N–H and O–H groups in total. The van der Waals surface area contributed by atoms with Crippen LogP contribution < -0.4 is 10.5 Å². The first-order valence-corrected chi connectivity index (χ1v) is 4.67. The quantitative estimate of drug-likeness (QED) is 0.493. The average Bonchev–Trinajstić information content (AvgIpc) is 2.39. The minimum Gasteiger partial charge on any atom is -0.491 e. The molecule has 0 unspecified atom stereocenters. The predicted molar refractivity (Wildman–Crippen MR) is 54.2 cm³/mol. The van der Waals surface area contributed by atoms with Gasteiger partial charge in [0.25, 0.3) is 0 Å². The van der Waals surface area contributed by atoms with E-state index in [1.807, 2.05) is 0 Å². The Balaban J connectivity index is 2.31. The Morgan fingerprint density at radius 3 is 3.07 bits per heavy atom. The maximum Gasteiger partial charge on any atom is 0.188 e. The Bertz CT molecular complexity index is 394. The SMILES string of the molecule is N=C(N)N1CCOc2ccc(F)cc2C1. The number of halogens is 1. The number of nitrogens with two attached hydrogens (primary N) is 1. The third-order valence-corrected chi connectivity index (χ3v) is 2.34. The van der Waals surface area contributed by atoms with E-state index in [0.717, 1.165) is 5.56 Å². The second-order valence-corrected chi connectivity index (χ2v) is 3.41. The number of benzene rings is 1. The molecule has 2 rings (SSSR count). The van der Waals surface area contributed by atoms with Crippen molar-refractivity contribution in [2.75, 3.05) is 13.2 Å². The van der Waals surface area contributed by atoms with E-state index >= 15 is 0 Å². The maximum atomic E-state index is 13.0. The van der Waals surface area contributed by atoms with Crippen LogP contribution in [-0.4, -0.2) is 24.0 Å². The van der Waals surface area contributed by atoms with Gasteiger partial charge in [0, 0.05) is 12.1 Å². The zero-order valence-electron chi connectivity index (χ0n) is 8.16. The lowest BCUT2D eigenvalue weighted by Gasteiger charge is -2.18. The van der Waals surface area contributed by atoms with Crippen LogP contribution in [0.3, 0.4) is 0 Å². The first-order chi connectivity index (χ1) is 7.16. The molecule has 0 amide bonds. The van der Waals surface area contributed by atoms with Crippen LogP contribution in [0.15, 0.2) is 18.2 Å². The molecule has 0 bridgehead atoms. The smallest absolute Gasteiger partial charge is 0.188 e. The van der Waals surface area contributed by atoms with E-state index in [0.29, 0.717) is 25.4 Å². The molecule has 0 spiro atoms. The molecule has 1 aliphatic rings. The molecule has 0 aliphatic carbocycles. The largest absolute Gasteiger partial charge is 0.491 e. The molecule has 0 fully saturated rings. The van der Waals surface area contributed by atoms with Crippen LogP contribution in [0, 0.1) is 11.2 Å². The lowest BCUT2D eigenvalue weighted by Crippen LogP contribution is -2.37. The number of ether oxygens (including phenoxy) is 1. The first kappa shape index (κ1) is 9.76. The summed E-state index contributed by atoms with van der Waals surface area (Å²) in [6.07, 6.45) is 0. The minimum atomic E-state index is -0.303. The number of nitrogens with one attached hydrogen (secondary N) is 1. The summed E-state index contributed by atoms with van der Waals surface area (Å²) in [6, 6.07) is 4.38. The Morgan fingerprint density at radius 1 is 1.53 bits per heavy atom. The van der Waals surface area contributed by atoms with Crippen molar-refractivity contribution in [1.29, 1.82) is 5.41 Å². The Hall–Kier alpha value is -1.78. The van der Waals surface area contributed by atoms with Crippen LogP contribution >= 0.6 is 0 Å². The lowest BCUT2D eigenvalue weighted by atomic mass is 10.2. The number of nitrogens with zero attached hydrogens (tertiary/aromatic N) is 1. The van der Waals surface area contributed by atoms with E-state index in [1.54, 1.807) is 11.0 Å². The second-order valence-electron chi connectivity index (χ2n) is 3.41. The van der Waals surface area contributed by atoms with Crippen LogP contribution in [0.5, 0.6) is 5.75 Å². The predicted octanol–water partition coefficient (Wildman–Crippen LogP) is 0.914. The third-order valence-electron chi connectivity index (χ3n) is 2.34. The summed E-state index contributed by atoms with van der Waals surface area (Å²) < 4.78 is 18.4. The summed E-state index contributed by atoms with van der Waals surface area (Å²) in [5.41, 5.74) is 6.12. The Labute approximate surface area is 86.9 Å². The van der Waals surface area contributed by atoms with E-state index in [-0.39, 0.29) is 11.8 Å². The molecule has 80 valence electrons. The molecule has 0 atom stereocenters. The van der Waals surface area contributed by atoms with Gasteiger partial charge in [0.15, 0.2) is 5.96 Å². The molecule has 0 saturated heterocycles.